The number of aliphatic carboxylic acids is 1. The second-order valence-electron chi connectivity index (χ2n) is 1.85. The van der Waals surface area contributed by atoms with Gasteiger partial charge in [-0.1, -0.05) is 18.2 Å². The van der Waals surface area contributed by atoms with Crippen molar-refractivity contribution in [1.82, 2.24) is 0 Å². The van der Waals surface area contributed by atoms with E-state index < -0.39 is 11.4 Å². The van der Waals surface area contributed by atoms with Crippen LogP contribution in [0.5, 0.6) is 0 Å². The van der Waals surface area contributed by atoms with E-state index in [-0.39, 0.29) is 0 Å². The molecule has 0 spiro atoms. The van der Waals surface area contributed by atoms with E-state index in [2.05, 4.69) is 19.7 Å². The fraction of sp³-hybridized carbons (Fsp3) is 0.125. The highest BCUT2D eigenvalue weighted by atomic mass is 16.4. The van der Waals surface area contributed by atoms with Gasteiger partial charge in [0, 0.05) is 0 Å². The van der Waals surface area contributed by atoms with Crippen molar-refractivity contribution in [2.24, 2.45) is 5.41 Å². The molecular formula is C8H10O2. The van der Waals surface area contributed by atoms with E-state index >= 15 is 0 Å². The van der Waals surface area contributed by atoms with E-state index in [1.54, 1.807) is 0 Å². The quantitative estimate of drug-likeness (QED) is 0.599. The maximum atomic E-state index is 10.5. The molecule has 10 heavy (non-hydrogen) atoms. The molecule has 0 aliphatic heterocycles. The molecular weight excluding hydrogens is 128 g/mol. The van der Waals surface area contributed by atoms with Crippen molar-refractivity contribution in [2.75, 3.05) is 0 Å². The first-order valence-electron chi connectivity index (χ1n) is 2.77. The zero-order valence-electron chi connectivity index (χ0n) is 5.71. The van der Waals surface area contributed by atoms with Crippen LogP contribution in [0.4, 0.5) is 0 Å². The number of hydrogen-bond donors (Lipinski definition) is 1. The van der Waals surface area contributed by atoms with E-state index in [0.717, 1.165) is 0 Å². The first-order chi connectivity index (χ1) is 4.63. The summed E-state index contributed by atoms with van der Waals surface area (Å²) in [5, 5.41) is 8.61. The van der Waals surface area contributed by atoms with Gasteiger partial charge in [0.1, 0.15) is 5.41 Å². The van der Waals surface area contributed by atoms with Gasteiger partial charge in [0.25, 0.3) is 0 Å². The first-order valence-corrected chi connectivity index (χ1v) is 2.77. The van der Waals surface area contributed by atoms with Crippen molar-refractivity contribution in [3.63, 3.8) is 0 Å². The Morgan fingerprint density at radius 3 is 1.50 bits per heavy atom. The number of carboxylic acids is 1. The van der Waals surface area contributed by atoms with Gasteiger partial charge in [-0.05, 0) is 0 Å². The summed E-state index contributed by atoms with van der Waals surface area (Å²) in [6.45, 7) is 10.1. The van der Waals surface area contributed by atoms with E-state index in [0.29, 0.717) is 0 Å². The minimum atomic E-state index is -1.17. The monoisotopic (exact) mass is 138 g/mol. The lowest BCUT2D eigenvalue weighted by atomic mass is 9.89. The van der Waals surface area contributed by atoms with Crippen LogP contribution in [0.15, 0.2) is 38.0 Å². The Kier molecular flexibility index (Phi) is 2.62. The van der Waals surface area contributed by atoms with Crippen molar-refractivity contribution >= 4 is 5.97 Å². The standard InChI is InChI=1S/C8H10O2/c1-4-8(5-2,6-3)7(9)10/h4-6H,1-3H2,(H,9,10). The van der Waals surface area contributed by atoms with Gasteiger partial charge >= 0.3 is 5.97 Å². The van der Waals surface area contributed by atoms with E-state index in [9.17, 15) is 4.79 Å². The minimum absolute atomic E-state index is 1.01. The smallest absolute Gasteiger partial charge is 0.321 e. The second-order valence-corrected chi connectivity index (χ2v) is 1.85. The molecule has 0 fully saturated rings. The summed E-state index contributed by atoms with van der Waals surface area (Å²) in [5.74, 6) is -1.01. The topological polar surface area (TPSA) is 37.3 Å². The van der Waals surface area contributed by atoms with Gasteiger partial charge in [-0.3, -0.25) is 4.79 Å². The van der Waals surface area contributed by atoms with Crippen LogP contribution in [0.2, 0.25) is 0 Å². The lowest BCUT2D eigenvalue weighted by Gasteiger charge is -2.14. The fourth-order valence-corrected chi connectivity index (χ4v) is 0.512. The molecule has 0 atom stereocenters. The lowest BCUT2D eigenvalue weighted by Crippen LogP contribution is -2.22. The van der Waals surface area contributed by atoms with Gasteiger partial charge in [-0.2, -0.15) is 0 Å². The van der Waals surface area contributed by atoms with Crippen LogP contribution in [0, 0.1) is 5.41 Å². The van der Waals surface area contributed by atoms with Gasteiger partial charge < -0.3 is 5.11 Å². The highest BCUT2D eigenvalue weighted by molar-refractivity contribution is 5.81. The average Bonchev–Trinajstić information content (AvgIpc) is 1.92. The molecule has 0 aromatic rings. The molecule has 0 saturated heterocycles. The average molecular weight is 138 g/mol. The molecule has 0 unspecified atom stereocenters. The molecule has 2 heteroatoms. The second kappa shape index (κ2) is 3.01. The molecule has 0 amide bonds. The third-order valence-electron chi connectivity index (χ3n) is 1.38. The summed E-state index contributed by atoms with van der Waals surface area (Å²) in [5.41, 5.74) is -1.17. The number of carboxylic acid groups (broad SMARTS) is 1. The first kappa shape index (κ1) is 8.69. The molecule has 2 nitrogen and oxygen atoms in total. The maximum Gasteiger partial charge on any atom is 0.321 e. The van der Waals surface area contributed by atoms with Gasteiger partial charge in [0.05, 0.1) is 0 Å². The zero-order chi connectivity index (χ0) is 8.20. The molecule has 0 aromatic heterocycles. The van der Waals surface area contributed by atoms with E-state index in [1.165, 1.54) is 18.2 Å². The third-order valence-corrected chi connectivity index (χ3v) is 1.38. The van der Waals surface area contributed by atoms with Crippen molar-refractivity contribution in [3.8, 4) is 0 Å². The molecule has 0 aliphatic carbocycles. The molecule has 0 aliphatic rings. The van der Waals surface area contributed by atoms with Crippen molar-refractivity contribution in [1.29, 1.82) is 0 Å². The maximum absolute atomic E-state index is 10.5. The minimum Gasteiger partial charge on any atom is -0.480 e. The summed E-state index contributed by atoms with van der Waals surface area (Å²) in [6, 6.07) is 0. The van der Waals surface area contributed by atoms with Crippen LogP contribution in [0.25, 0.3) is 0 Å². The summed E-state index contributed by atoms with van der Waals surface area (Å²) in [7, 11) is 0. The number of rotatable bonds is 4. The number of carbonyl (C=O) groups is 1. The van der Waals surface area contributed by atoms with Crippen LogP contribution in [0.3, 0.4) is 0 Å². The summed E-state index contributed by atoms with van der Waals surface area (Å²) >= 11 is 0. The van der Waals surface area contributed by atoms with Gasteiger partial charge in [-0.25, -0.2) is 0 Å². The summed E-state index contributed by atoms with van der Waals surface area (Å²) in [6.07, 6.45) is 3.86. The van der Waals surface area contributed by atoms with Crippen LogP contribution >= 0.6 is 0 Å². The Morgan fingerprint density at radius 1 is 1.20 bits per heavy atom. The lowest BCUT2D eigenvalue weighted by molar-refractivity contribution is -0.141. The molecule has 1 N–H and O–H groups in total. The SMILES string of the molecule is C=CC(C=C)(C=C)C(=O)O. The Labute approximate surface area is 60.2 Å². The highest BCUT2D eigenvalue weighted by Crippen LogP contribution is 2.21. The largest absolute Gasteiger partial charge is 0.480 e. The van der Waals surface area contributed by atoms with Crippen molar-refractivity contribution in [3.05, 3.63) is 38.0 Å². The van der Waals surface area contributed by atoms with Crippen LogP contribution < -0.4 is 0 Å². The van der Waals surface area contributed by atoms with E-state index in [4.69, 9.17) is 5.11 Å². The molecule has 0 aromatic carbocycles. The molecule has 54 valence electrons. The van der Waals surface area contributed by atoms with E-state index in [1.807, 2.05) is 0 Å². The zero-order valence-corrected chi connectivity index (χ0v) is 5.71. The predicted molar refractivity (Wildman–Crippen MR) is 40.7 cm³/mol. The molecule has 0 saturated carbocycles. The van der Waals surface area contributed by atoms with Crippen molar-refractivity contribution < 1.29 is 9.90 Å². The predicted octanol–water partition coefficient (Wildman–Crippen LogP) is 1.62. The van der Waals surface area contributed by atoms with Gasteiger partial charge in [0.2, 0.25) is 0 Å². The highest BCUT2D eigenvalue weighted by Gasteiger charge is 2.27. The Bertz CT molecular complexity index is 158. The van der Waals surface area contributed by atoms with Crippen LogP contribution in [0.1, 0.15) is 0 Å². The molecule has 0 rings (SSSR count). The number of hydrogen-bond acceptors (Lipinski definition) is 1. The molecule has 0 bridgehead atoms. The van der Waals surface area contributed by atoms with Crippen LogP contribution in [-0.4, -0.2) is 11.1 Å². The van der Waals surface area contributed by atoms with Crippen molar-refractivity contribution in [2.45, 2.75) is 0 Å². The third kappa shape index (κ3) is 1.16. The summed E-state index contributed by atoms with van der Waals surface area (Å²) < 4.78 is 0. The Balaban J connectivity index is 4.81. The Hall–Kier alpha value is -1.31. The van der Waals surface area contributed by atoms with Gasteiger partial charge in [0.15, 0.2) is 0 Å². The normalized spacial score (nSPS) is 10.0. The van der Waals surface area contributed by atoms with Gasteiger partial charge in [-0.15, -0.1) is 19.7 Å². The fourth-order valence-electron chi connectivity index (χ4n) is 0.512. The van der Waals surface area contributed by atoms with Crippen LogP contribution in [-0.2, 0) is 4.79 Å². The Morgan fingerprint density at radius 2 is 1.50 bits per heavy atom. The summed E-state index contributed by atoms with van der Waals surface area (Å²) in [4.78, 5) is 10.5. The molecule has 0 radical (unpaired) electrons. The molecule has 0 heterocycles.